The Morgan fingerprint density at radius 3 is 2.47 bits per heavy atom. The van der Waals surface area contributed by atoms with Crippen LogP contribution in [0.25, 0.3) is 0 Å². The average Bonchev–Trinajstić information content (AvgIpc) is 2.78. The predicted molar refractivity (Wildman–Crippen MR) is 69.3 cm³/mol. The Bertz CT molecular complexity index is 613. The monoisotopic (exact) mass is 262 g/mol. The molecule has 0 unspecified atom stereocenters. The predicted octanol–water partition coefficient (Wildman–Crippen LogP) is 2.27. The number of aromatic amines is 2. The van der Waals surface area contributed by atoms with E-state index in [1.54, 1.807) is 31.4 Å². The Balaban J connectivity index is 2.21. The summed E-state index contributed by atoms with van der Waals surface area (Å²) in [6.45, 7) is 0.260. The standard InChI is InChI=1S/C12H14N4O3/c1-18-7-10-11(12(17)16-14-10)15-13-8-3-5-9(19-2)6-4-8/h3-6H,7H2,1-2H3,(H2,14,16,17). The maximum absolute atomic E-state index is 11.5. The molecule has 7 nitrogen and oxygen atoms in total. The maximum atomic E-state index is 11.5. The molecule has 2 rings (SSSR count). The number of nitrogens with one attached hydrogen (secondary N) is 2. The number of ether oxygens (including phenoxy) is 2. The van der Waals surface area contributed by atoms with Gasteiger partial charge in [-0.1, -0.05) is 0 Å². The minimum absolute atomic E-state index is 0.220. The van der Waals surface area contributed by atoms with Crippen molar-refractivity contribution in [3.8, 4) is 5.75 Å². The number of benzene rings is 1. The van der Waals surface area contributed by atoms with Crippen LogP contribution in [-0.2, 0) is 11.3 Å². The second-order valence-electron chi connectivity index (χ2n) is 3.74. The van der Waals surface area contributed by atoms with Gasteiger partial charge in [0.1, 0.15) is 5.75 Å². The van der Waals surface area contributed by atoms with E-state index in [0.717, 1.165) is 5.75 Å². The van der Waals surface area contributed by atoms with Crippen LogP contribution in [0.2, 0.25) is 0 Å². The lowest BCUT2D eigenvalue weighted by Crippen LogP contribution is -1.97. The largest absolute Gasteiger partial charge is 0.497 e. The van der Waals surface area contributed by atoms with Gasteiger partial charge < -0.3 is 9.47 Å². The fraction of sp³-hybridized carbons (Fsp3) is 0.250. The van der Waals surface area contributed by atoms with Crippen LogP contribution in [0.4, 0.5) is 11.4 Å². The molecule has 1 heterocycles. The van der Waals surface area contributed by atoms with Crippen molar-refractivity contribution in [1.29, 1.82) is 0 Å². The fourth-order valence-corrected chi connectivity index (χ4v) is 1.50. The van der Waals surface area contributed by atoms with E-state index in [1.165, 1.54) is 7.11 Å². The third kappa shape index (κ3) is 3.08. The molecule has 0 atom stereocenters. The number of hydrogen-bond acceptors (Lipinski definition) is 5. The van der Waals surface area contributed by atoms with Gasteiger partial charge in [0.2, 0.25) is 0 Å². The topological polar surface area (TPSA) is 91.8 Å². The maximum Gasteiger partial charge on any atom is 0.292 e. The number of nitrogens with zero attached hydrogens (tertiary/aromatic N) is 2. The lowest BCUT2D eigenvalue weighted by Gasteiger charge is -1.98. The summed E-state index contributed by atoms with van der Waals surface area (Å²) in [5.74, 6) is 0.735. The van der Waals surface area contributed by atoms with Gasteiger partial charge in [-0.2, -0.15) is 5.11 Å². The van der Waals surface area contributed by atoms with Gasteiger partial charge in [0.15, 0.2) is 5.69 Å². The van der Waals surface area contributed by atoms with Crippen molar-refractivity contribution < 1.29 is 9.47 Å². The van der Waals surface area contributed by atoms with Gasteiger partial charge in [0.25, 0.3) is 5.56 Å². The summed E-state index contributed by atoms with van der Waals surface area (Å²) < 4.78 is 10.00. The highest BCUT2D eigenvalue weighted by Crippen LogP contribution is 2.20. The zero-order valence-corrected chi connectivity index (χ0v) is 10.6. The van der Waals surface area contributed by atoms with Crippen molar-refractivity contribution in [2.45, 2.75) is 6.61 Å². The van der Waals surface area contributed by atoms with E-state index in [1.807, 2.05) is 0 Å². The van der Waals surface area contributed by atoms with Gasteiger partial charge in [-0.05, 0) is 24.3 Å². The molecule has 0 saturated heterocycles. The van der Waals surface area contributed by atoms with Crippen LogP contribution >= 0.6 is 0 Å². The second-order valence-corrected chi connectivity index (χ2v) is 3.74. The minimum atomic E-state index is -0.329. The molecule has 0 fully saturated rings. The normalized spacial score (nSPS) is 11.1. The van der Waals surface area contributed by atoms with Crippen molar-refractivity contribution >= 4 is 11.4 Å². The van der Waals surface area contributed by atoms with Crippen LogP contribution in [0, 0.1) is 0 Å². The first-order chi connectivity index (χ1) is 9.24. The molecule has 0 aliphatic rings. The molecule has 0 aliphatic carbocycles. The van der Waals surface area contributed by atoms with Gasteiger partial charge in [-0.15, -0.1) is 5.11 Å². The summed E-state index contributed by atoms with van der Waals surface area (Å²) in [7, 11) is 3.13. The van der Waals surface area contributed by atoms with Crippen molar-refractivity contribution in [1.82, 2.24) is 10.2 Å². The number of hydrogen-bond donors (Lipinski definition) is 2. The first-order valence-electron chi connectivity index (χ1n) is 5.59. The molecular formula is C12H14N4O3. The number of azo groups is 1. The second kappa shape index (κ2) is 5.96. The van der Waals surface area contributed by atoms with Gasteiger partial charge >= 0.3 is 0 Å². The molecule has 0 radical (unpaired) electrons. The summed E-state index contributed by atoms with van der Waals surface area (Å²) >= 11 is 0. The van der Waals surface area contributed by atoms with E-state index in [-0.39, 0.29) is 17.9 Å². The first-order valence-corrected chi connectivity index (χ1v) is 5.59. The van der Waals surface area contributed by atoms with Crippen LogP contribution in [0.1, 0.15) is 5.69 Å². The third-order valence-electron chi connectivity index (χ3n) is 2.45. The number of methoxy groups -OCH3 is 2. The molecular weight excluding hydrogens is 248 g/mol. The Morgan fingerprint density at radius 1 is 1.11 bits per heavy atom. The SMILES string of the molecule is COCc1[nH][nH]c(=O)c1N=Nc1ccc(OC)cc1. The van der Waals surface area contributed by atoms with Gasteiger partial charge in [0.05, 0.1) is 25.1 Å². The van der Waals surface area contributed by atoms with Gasteiger partial charge in [0, 0.05) is 7.11 Å². The van der Waals surface area contributed by atoms with E-state index in [2.05, 4.69) is 20.4 Å². The van der Waals surface area contributed by atoms with Crippen molar-refractivity contribution in [3.05, 3.63) is 40.3 Å². The first kappa shape index (κ1) is 13.0. The lowest BCUT2D eigenvalue weighted by atomic mass is 10.3. The van der Waals surface area contributed by atoms with E-state index in [4.69, 9.17) is 9.47 Å². The minimum Gasteiger partial charge on any atom is -0.497 e. The molecule has 100 valence electrons. The van der Waals surface area contributed by atoms with Crippen LogP contribution in [0.3, 0.4) is 0 Å². The van der Waals surface area contributed by atoms with E-state index in [0.29, 0.717) is 11.4 Å². The average molecular weight is 262 g/mol. The highest BCUT2D eigenvalue weighted by molar-refractivity contribution is 5.43. The quantitative estimate of drug-likeness (QED) is 0.809. The Morgan fingerprint density at radius 2 is 1.84 bits per heavy atom. The molecule has 0 saturated carbocycles. The van der Waals surface area contributed by atoms with Crippen LogP contribution in [0.15, 0.2) is 39.3 Å². The van der Waals surface area contributed by atoms with E-state index < -0.39 is 0 Å². The Hall–Kier alpha value is -2.41. The highest BCUT2D eigenvalue weighted by atomic mass is 16.5. The Kier molecular flexibility index (Phi) is 4.09. The van der Waals surface area contributed by atoms with Crippen LogP contribution in [0.5, 0.6) is 5.75 Å². The summed E-state index contributed by atoms with van der Waals surface area (Å²) in [5, 5.41) is 13.1. The number of rotatable bonds is 5. The number of H-pyrrole nitrogens is 2. The van der Waals surface area contributed by atoms with Crippen LogP contribution in [-0.4, -0.2) is 24.4 Å². The van der Waals surface area contributed by atoms with Crippen LogP contribution < -0.4 is 10.3 Å². The molecule has 0 spiro atoms. The van der Waals surface area contributed by atoms with Crippen molar-refractivity contribution in [3.63, 3.8) is 0 Å². The molecule has 1 aromatic heterocycles. The number of aromatic nitrogens is 2. The fourth-order valence-electron chi connectivity index (χ4n) is 1.50. The Labute approximate surface area is 109 Å². The zero-order valence-electron chi connectivity index (χ0n) is 10.6. The smallest absolute Gasteiger partial charge is 0.292 e. The van der Waals surface area contributed by atoms with E-state index in [9.17, 15) is 4.79 Å². The summed E-state index contributed by atoms with van der Waals surface area (Å²) in [6.07, 6.45) is 0. The summed E-state index contributed by atoms with van der Waals surface area (Å²) in [4.78, 5) is 11.5. The van der Waals surface area contributed by atoms with Crippen molar-refractivity contribution in [2.24, 2.45) is 10.2 Å². The third-order valence-corrected chi connectivity index (χ3v) is 2.45. The molecule has 2 N–H and O–H groups in total. The lowest BCUT2D eigenvalue weighted by molar-refractivity contribution is 0.182. The molecule has 0 bridgehead atoms. The molecule has 19 heavy (non-hydrogen) atoms. The molecule has 7 heteroatoms. The molecule has 2 aromatic rings. The molecule has 1 aromatic carbocycles. The van der Waals surface area contributed by atoms with Crippen molar-refractivity contribution in [2.75, 3.05) is 14.2 Å². The summed E-state index contributed by atoms with van der Waals surface area (Å²) in [5.41, 5.74) is 1.08. The highest BCUT2D eigenvalue weighted by Gasteiger charge is 2.08. The summed E-state index contributed by atoms with van der Waals surface area (Å²) in [6, 6.07) is 7.04. The zero-order chi connectivity index (χ0) is 13.7. The molecule has 0 amide bonds. The van der Waals surface area contributed by atoms with E-state index >= 15 is 0 Å². The van der Waals surface area contributed by atoms with Gasteiger partial charge in [-0.25, -0.2) is 0 Å². The molecule has 0 aliphatic heterocycles. The van der Waals surface area contributed by atoms with Gasteiger partial charge in [-0.3, -0.25) is 15.0 Å².